The Morgan fingerprint density at radius 3 is 1.04 bits per heavy atom. The molecule has 0 aliphatic heterocycles. The van der Waals surface area contributed by atoms with Crippen LogP contribution in [0.25, 0.3) is 33.4 Å². The maximum atomic E-state index is 2.45. The molecule has 0 amide bonds. The van der Waals surface area contributed by atoms with Crippen LogP contribution in [0.15, 0.2) is 297 Å². The van der Waals surface area contributed by atoms with Crippen LogP contribution in [0.5, 0.6) is 0 Å². The number of nitrogens with zero attached hydrogens (tertiary/aromatic N) is 1. The molecule has 11 aromatic rings. The molecule has 11 aromatic carbocycles. The van der Waals surface area contributed by atoms with Crippen molar-refractivity contribution in [3.8, 4) is 33.4 Å². The highest BCUT2D eigenvalue weighted by atomic mass is 28.3. The van der Waals surface area contributed by atoms with Crippen molar-refractivity contribution < 1.29 is 0 Å². The lowest BCUT2D eigenvalue weighted by molar-refractivity contribution is 0.768. The summed E-state index contributed by atoms with van der Waals surface area (Å²) in [5.41, 5.74) is 15.2. The number of rotatable bonds is 11. The summed E-state index contributed by atoms with van der Waals surface area (Å²) in [6.45, 7) is 0. The molecule has 0 bridgehead atoms. The Morgan fingerprint density at radius 2 is 0.580 bits per heavy atom. The molecule has 1 nitrogen and oxygen atoms in total. The Bertz CT molecular complexity index is 3350. The van der Waals surface area contributed by atoms with Crippen LogP contribution in [0.4, 0.5) is 17.1 Å². The van der Waals surface area contributed by atoms with E-state index < -0.39 is 13.5 Å². The third kappa shape index (κ3) is 7.16. The van der Waals surface area contributed by atoms with Crippen molar-refractivity contribution in [2.24, 2.45) is 0 Å². The van der Waals surface area contributed by atoms with Gasteiger partial charge in [0.15, 0.2) is 8.07 Å². The van der Waals surface area contributed by atoms with E-state index in [0.717, 1.165) is 17.1 Å². The fraction of sp³-hybridized carbons (Fsp3) is 0.0149. The van der Waals surface area contributed by atoms with Crippen molar-refractivity contribution >= 4 is 45.9 Å². The zero-order valence-electron chi connectivity index (χ0n) is 38.2. The lowest BCUT2D eigenvalue weighted by Gasteiger charge is -2.35. The molecule has 0 saturated heterocycles. The van der Waals surface area contributed by atoms with E-state index in [4.69, 9.17) is 0 Å². The van der Waals surface area contributed by atoms with Gasteiger partial charge in [-0.05, 0) is 113 Å². The molecule has 0 radical (unpaired) electrons. The lowest BCUT2D eigenvalue weighted by Crippen LogP contribution is -2.74. The fourth-order valence-electron chi connectivity index (χ4n) is 11.2. The van der Waals surface area contributed by atoms with Gasteiger partial charge in [0.1, 0.15) is 0 Å². The molecular formula is C67H49NSi. The average Bonchev–Trinajstić information content (AvgIpc) is 3.74. The summed E-state index contributed by atoms with van der Waals surface area (Å²) in [7, 11) is -2.64. The highest BCUT2D eigenvalue weighted by molar-refractivity contribution is 7.19. The first-order valence-electron chi connectivity index (χ1n) is 23.9. The third-order valence-electron chi connectivity index (χ3n) is 14.3. The van der Waals surface area contributed by atoms with E-state index in [1.165, 1.54) is 76.4 Å². The van der Waals surface area contributed by atoms with Gasteiger partial charge in [-0.25, -0.2) is 0 Å². The molecule has 0 unspecified atom stereocenters. The minimum Gasteiger partial charge on any atom is -0.310 e. The molecule has 1 aliphatic carbocycles. The second kappa shape index (κ2) is 17.9. The Morgan fingerprint density at radius 1 is 0.246 bits per heavy atom. The van der Waals surface area contributed by atoms with E-state index in [1.807, 2.05) is 0 Å². The standard InChI is InChI=1S/C67H49NSi/c1-7-21-50(22-8-1)51-35-41-56(42-36-51)68(58-45-48-64-63-33-19-20-34-65(63)67(66(64)49-58,54-23-9-2-10-24-54)55-25-11-3-12-26-55)57-43-37-52(38-44-57)53-39-46-62(47-40-53)69(59-27-13-4-14-28-59,60-29-15-5-16-30-60)61-31-17-6-18-32-61/h1-49H. The van der Waals surface area contributed by atoms with Crippen LogP contribution >= 0.6 is 0 Å². The molecule has 2 heteroatoms. The van der Waals surface area contributed by atoms with Gasteiger partial charge in [0, 0.05) is 17.1 Å². The van der Waals surface area contributed by atoms with Crippen molar-refractivity contribution in [1.82, 2.24) is 0 Å². The summed E-state index contributed by atoms with van der Waals surface area (Å²) >= 11 is 0. The summed E-state index contributed by atoms with van der Waals surface area (Å²) in [5.74, 6) is 0. The van der Waals surface area contributed by atoms with E-state index >= 15 is 0 Å². The maximum Gasteiger partial charge on any atom is 0.179 e. The van der Waals surface area contributed by atoms with Gasteiger partial charge in [0.2, 0.25) is 0 Å². The van der Waals surface area contributed by atoms with Gasteiger partial charge in [0.25, 0.3) is 0 Å². The highest BCUT2D eigenvalue weighted by Crippen LogP contribution is 2.57. The Kier molecular flexibility index (Phi) is 10.9. The zero-order chi connectivity index (χ0) is 46.0. The number of hydrogen-bond acceptors (Lipinski definition) is 1. The van der Waals surface area contributed by atoms with E-state index in [9.17, 15) is 0 Å². The summed E-state index contributed by atoms with van der Waals surface area (Å²) in [6, 6.07) is 110. The minimum absolute atomic E-state index is 0.509. The SMILES string of the molecule is c1ccc(-c2ccc(N(c3ccc(-c4ccc([Si](c5ccccc5)(c5ccccc5)c5ccccc5)cc4)cc3)c3ccc4c(c3)C(c3ccccc3)(c3ccccc3)c3ccccc3-4)cc2)cc1. The molecule has 0 fully saturated rings. The van der Waals surface area contributed by atoms with Gasteiger partial charge in [-0.1, -0.05) is 261 Å². The minimum atomic E-state index is -2.64. The maximum absolute atomic E-state index is 2.64. The van der Waals surface area contributed by atoms with Crippen LogP contribution in [0.1, 0.15) is 22.3 Å². The largest absolute Gasteiger partial charge is 0.310 e. The predicted octanol–water partition coefficient (Wildman–Crippen LogP) is 14.2. The molecular weight excluding hydrogens is 847 g/mol. The number of anilines is 3. The Balaban J connectivity index is 0.982. The first-order chi connectivity index (χ1) is 34.2. The van der Waals surface area contributed by atoms with Crippen molar-refractivity contribution in [2.45, 2.75) is 5.41 Å². The monoisotopic (exact) mass is 895 g/mol. The van der Waals surface area contributed by atoms with Crippen molar-refractivity contribution in [3.05, 3.63) is 320 Å². The second-order valence-electron chi connectivity index (χ2n) is 18.0. The first-order valence-corrected chi connectivity index (χ1v) is 25.9. The molecule has 0 saturated carbocycles. The molecule has 1 aliphatic rings. The van der Waals surface area contributed by atoms with Gasteiger partial charge in [-0.3, -0.25) is 0 Å². The van der Waals surface area contributed by atoms with Crippen LogP contribution in [0.2, 0.25) is 0 Å². The molecule has 0 atom stereocenters. The first kappa shape index (κ1) is 41.8. The van der Waals surface area contributed by atoms with Gasteiger partial charge in [-0.15, -0.1) is 0 Å². The quantitative estimate of drug-likeness (QED) is 0.0924. The zero-order valence-corrected chi connectivity index (χ0v) is 39.2. The molecule has 0 aromatic heterocycles. The van der Waals surface area contributed by atoms with Gasteiger partial charge >= 0.3 is 0 Å². The molecule has 12 rings (SSSR count). The van der Waals surface area contributed by atoms with Crippen LogP contribution in [0, 0.1) is 0 Å². The van der Waals surface area contributed by atoms with E-state index in [1.54, 1.807) is 0 Å². The molecule has 69 heavy (non-hydrogen) atoms. The van der Waals surface area contributed by atoms with E-state index in [-0.39, 0.29) is 0 Å². The summed E-state index contributed by atoms with van der Waals surface area (Å²) in [4.78, 5) is 2.42. The van der Waals surface area contributed by atoms with E-state index in [0.29, 0.717) is 0 Å². The van der Waals surface area contributed by atoms with Gasteiger partial charge < -0.3 is 4.90 Å². The summed E-state index contributed by atoms with van der Waals surface area (Å²) in [6.07, 6.45) is 0. The molecule has 0 spiro atoms. The number of benzene rings is 11. The highest BCUT2D eigenvalue weighted by Gasteiger charge is 2.46. The summed E-state index contributed by atoms with van der Waals surface area (Å²) in [5, 5.41) is 5.47. The van der Waals surface area contributed by atoms with E-state index in [2.05, 4.69) is 302 Å². The summed E-state index contributed by atoms with van der Waals surface area (Å²) < 4.78 is 0. The van der Waals surface area contributed by atoms with Gasteiger partial charge in [0.05, 0.1) is 5.41 Å². The second-order valence-corrected chi connectivity index (χ2v) is 21.8. The number of fused-ring (bicyclic) bond motifs is 3. The predicted molar refractivity (Wildman–Crippen MR) is 293 cm³/mol. The third-order valence-corrected chi connectivity index (χ3v) is 19.1. The molecule has 0 N–H and O–H groups in total. The smallest absolute Gasteiger partial charge is 0.179 e. The van der Waals surface area contributed by atoms with Gasteiger partial charge in [-0.2, -0.15) is 0 Å². The van der Waals surface area contributed by atoms with Crippen LogP contribution in [0.3, 0.4) is 0 Å². The van der Waals surface area contributed by atoms with Crippen LogP contribution in [-0.2, 0) is 5.41 Å². The van der Waals surface area contributed by atoms with Crippen molar-refractivity contribution in [2.75, 3.05) is 4.90 Å². The van der Waals surface area contributed by atoms with Crippen molar-refractivity contribution in [3.63, 3.8) is 0 Å². The van der Waals surface area contributed by atoms with Crippen molar-refractivity contribution in [1.29, 1.82) is 0 Å². The molecule has 0 heterocycles. The van der Waals surface area contributed by atoms with Crippen LogP contribution < -0.4 is 25.6 Å². The topological polar surface area (TPSA) is 3.24 Å². The average molecular weight is 896 g/mol. The molecule has 326 valence electrons. The Labute approximate surface area is 407 Å². The Hall–Kier alpha value is -8.56. The normalized spacial score (nSPS) is 12.5. The fourth-order valence-corrected chi connectivity index (χ4v) is 16.0. The number of hydrogen-bond donors (Lipinski definition) is 0. The lowest BCUT2D eigenvalue weighted by atomic mass is 9.67. The van der Waals surface area contributed by atoms with Crippen LogP contribution in [-0.4, -0.2) is 8.07 Å².